The predicted octanol–water partition coefficient (Wildman–Crippen LogP) is 1.83. The van der Waals surface area contributed by atoms with Crippen LogP contribution in [0.15, 0.2) is 11.6 Å². The molecule has 1 unspecified atom stereocenters. The second-order valence-corrected chi connectivity index (χ2v) is 3.34. The summed E-state index contributed by atoms with van der Waals surface area (Å²) in [4.78, 5) is 11.0. The summed E-state index contributed by atoms with van der Waals surface area (Å²) in [6.45, 7) is 2.11. The lowest BCUT2D eigenvalue weighted by atomic mass is 9.92. The first-order chi connectivity index (χ1) is 5.74. The maximum atomic E-state index is 11.0. The Balaban J connectivity index is 2.52. The van der Waals surface area contributed by atoms with Crippen LogP contribution in [0.4, 0.5) is 0 Å². The molecular weight excluding hydrogens is 152 g/mol. The zero-order valence-electron chi connectivity index (χ0n) is 7.55. The molecule has 0 aliphatic heterocycles. The number of rotatable bonds is 3. The molecule has 0 saturated carbocycles. The highest BCUT2D eigenvalue weighted by atomic mass is 16.3. The number of unbranched alkanes of at least 4 members (excludes halogenated alkanes) is 1. The molecule has 0 aromatic rings. The molecule has 68 valence electrons. The summed E-state index contributed by atoms with van der Waals surface area (Å²) < 4.78 is 0. The van der Waals surface area contributed by atoms with E-state index in [0.717, 1.165) is 24.8 Å². The Morgan fingerprint density at radius 3 is 3.08 bits per heavy atom. The van der Waals surface area contributed by atoms with Crippen LogP contribution in [0.5, 0.6) is 0 Å². The highest BCUT2D eigenvalue weighted by molar-refractivity contribution is 5.91. The van der Waals surface area contributed by atoms with E-state index in [9.17, 15) is 9.90 Å². The molecule has 1 rings (SSSR count). The minimum Gasteiger partial charge on any atom is -0.389 e. The third-order valence-corrected chi connectivity index (χ3v) is 2.26. The number of hydrogen-bond acceptors (Lipinski definition) is 2. The first kappa shape index (κ1) is 9.46. The number of carbonyl (C=O) groups excluding carboxylic acids is 1. The molecule has 2 nitrogen and oxygen atoms in total. The van der Waals surface area contributed by atoms with Crippen LogP contribution < -0.4 is 0 Å². The number of allylic oxidation sites excluding steroid dienone is 1. The lowest BCUT2D eigenvalue weighted by Crippen LogP contribution is -2.18. The predicted molar refractivity (Wildman–Crippen MR) is 47.9 cm³/mol. The van der Waals surface area contributed by atoms with Crippen LogP contribution in [0, 0.1) is 0 Å². The molecule has 0 saturated heterocycles. The average Bonchev–Trinajstić information content (AvgIpc) is 2.07. The molecule has 0 radical (unpaired) electrons. The van der Waals surface area contributed by atoms with Crippen LogP contribution in [0.1, 0.15) is 39.0 Å². The Kier molecular flexibility index (Phi) is 3.48. The molecule has 0 aromatic heterocycles. The van der Waals surface area contributed by atoms with E-state index in [-0.39, 0.29) is 11.9 Å². The van der Waals surface area contributed by atoms with E-state index in [0.29, 0.717) is 12.8 Å². The normalized spacial score (nSPS) is 24.0. The van der Waals surface area contributed by atoms with Crippen molar-refractivity contribution in [2.24, 2.45) is 0 Å². The van der Waals surface area contributed by atoms with Crippen LogP contribution in [0.25, 0.3) is 0 Å². The summed E-state index contributed by atoms with van der Waals surface area (Å²) >= 11 is 0. The van der Waals surface area contributed by atoms with Crippen molar-refractivity contribution in [2.75, 3.05) is 0 Å². The highest BCUT2D eigenvalue weighted by Gasteiger charge is 2.17. The van der Waals surface area contributed by atoms with Crippen molar-refractivity contribution in [3.63, 3.8) is 0 Å². The highest BCUT2D eigenvalue weighted by Crippen LogP contribution is 2.20. The topological polar surface area (TPSA) is 37.3 Å². The molecule has 0 amide bonds. The van der Waals surface area contributed by atoms with Crippen molar-refractivity contribution < 1.29 is 9.90 Å². The van der Waals surface area contributed by atoms with E-state index >= 15 is 0 Å². The van der Waals surface area contributed by atoms with E-state index in [1.165, 1.54) is 0 Å². The largest absolute Gasteiger partial charge is 0.389 e. The van der Waals surface area contributed by atoms with Crippen molar-refractivity contribution >= 4 is 5.78 Å². The molecule has 0 fully saturated rings. The third-order valence-electron chi connectivity index (χ3n) is 2.26. The smallest absolute Gasteiger partial charge is 0.155 e. The standard InChI is InChI=1S/C10H16O2/c1-2-3-4-8-7-9(11)5-6-10(8)12/h7,10,12H,2-6H2,1H3. The molecule has 1 aliphatic carbocycles. The fraction of sp³-hybridized carbons (Fsp3) is 0.700. The number of hydrogen-bond donors (Lipinski definition) is 1. The van der Waals surface area contributed by atoms with E-state index in [1.807, 2.05) is 0 Å². The molecule has 0 bridgehead atoms. The maximum absolute atomic E-state index is 11.0. The molecule has 2 heteroatoms. The minimum absolute atomic E-state index is 0.173. The van der Waals surface area contributed by atoms with Gasteiger partial charge in [-0.3, -0.25) is 4.79 Å². The van der Waals surface area contributed by atoms with Crippen molar-refractivity contribution in [1.82, 2.24) is 0 Å². The number of ketones is 1. The quantitative estimate of drug-likeness (QED) is 0.698. The van der Waals surface area contributed by atoms with Crippen LogP contribution in [0.3, 0.4) is 0 Å². The van der Waals surface area contributed by atoms with E-state index in [1.54, 1.807) is 6.08 Å². The lowest BCUT2D eigenvalue weighted by molar-refractivity contribution is -0.115. The fourth-order valence-corrected chi connectivity index (χ4v) is 1.46. The molecule has 1 atom stereocenters. The Hall–Kier alpha value is -0.630. The SMILES string of the molecule is CCCCC1=CC(=O)CCC1O. The monoisotopic (exact) mass is 168 g/mol. The number of carbonyl (C=O) groups is 1. The van der Waals surface area contributed by atoms with Gasteiger partial charge >= 0.3 is 0 Å². The van der Waals surface area contributed by atoms with Crippen LogP contribution in [-0.2, 0) is 4.79 Å². The molecule has 12 heavy (non-hydrogen) atoms. The summed E-state index contributed by atoms with van der Waals surface area (Å²) in [6, 6.07) is 0. The molecular formula is C10H16O2. The van der Waals surface area contributed by atoms with Gasteiger partial charge in [0.2, 0.25) is 0 Å². The van der Waals surface area contributed by atoms with Gasteiger partial charge in [-0.05, 0) is 30.9 Å². The van der Waals surface area contributed by atoms with Crippen LogP contribution >= 0.6 is 0 Å². The molecule has 0 heterocycles. The fourth-order valence-electron chi connectivity index (χ4n) is 1.46. The number of aliphatic hydroxyl groups excluding tert-OH is 1. The van der Waals surface area contributed by atoms with Gasteiger partial charge in [0, 0.05) is 6.42 Å². The van der Waals surface area contributed by atoms with Gasteiger partial charge in [0.15, 0.2) is 5.78 Å². The second kappa shape index (κ2) is 4.41. The Morgan fingerprint density at radius 1 is 1.67 bits per heavy atom. The third kappa shape index (κ3) is 2.45. The Bertz CT molecular complexity index is 194. The van der Waals surface area contributed by atoms with Gasteiger partial charge in [0.1, 0.15) is 0 Å². The summed E-state index contributed by atoms with van der Waals surface area (Å²) in [5.41, 5.74) is 0.938. The van der Waals surface area contributed by atoms with Crippen molar-refractivity contribution in [1.29, 1.82) is 0 Å². The van der Waals surface area contributed by atoms with Crippen molar-refractivity contribution in [3.05, 3.63) is 11.6 Å². The molecule has 1 aliphatic rings. The molecule has 0 spiro atoms. The van der Waals surface area contributed by atoms with Crippen molar-refractivity contribution in [3.8, 4) is 0 Å². The lowest BCUT2D eigenvalue weighted by Gasteiger charge is -2.18. The Morgan fingerprint density at radius 2 is 2.42 bits per heavy atom. The maximum Gasteiger partial charge on any atom is 0.155 e. The van der Waals surface area contributed by atoms with Gasteiger partial charge in [0.05, 0.1) is 6.10 Å². The summed E-state index contributed by atoms with van der Waals surface area (Å²) in [5.74, 6) is 0.173. The summed E-state index contributed by atoms with van der Waals surface area (Å²) in [7, 11) is 0. The summed E-state index contributed by atoms with van der Waals surface area (Å²) in [5, 5.41) is 9.49. The van der Waals surface area contributed by atoms with E-state index in [2.05, 4.69) is 6.92 Å². The van der Waals surface area contributed by atoms with E-state index < -0.39 is 0 Å². The minimum atomic E-state index is -0.353. The van der Waals surface area contributed by atoms with Gasteiger partial charge in [0.25, 0.3) is 0 Å². The van der Waals surface area contributed by atoms with Gasteiger partial charge in [-0.1, -0.05) is 13.3 Å². The van der Waals surface area contributed by atoms with Gasteiger partial charge in [-0.15, -0.1) is 0 Å². The van der Waals surface area contributed by atoms with Gasteiger partial charge in [-0.2, -0.15) is 0 Å². The number of aliphatic hydroxyl groups is 1. The van der Waals surface area contributed by atoms with E-state index in [4.69, 9.17) is 0 Å². The Labute approximate surface area is 73.3 Å². The van der Waals surface area contributed by atoms with Gasteiger partial charge < -0.3 is 5.11 Å². The van der Waals surface area contributed by atoms with Gasteiger partial charge in [-0.25, -0.2) is 0 Å². The first-order valence-electron chi connectivity index (χ1n) is 4.65. The molecule has 1 N–H and O–H groups in total. The van der Waals surface area contributed by atoms with Crippen molar-refractivity contribution in [2.45, 2.75) is 45.1 Å². The zero-order chi connectivity index (χ0) is 8.97. The zero-order valence-corrected chi connectivity index (χ0v) is 7.55. The summed E-state index contributed by atoms with van der Waals surface area (Å²) in [6.07, 6.45) is 5.46. The van der Waals surface area contributed by atoms with Crippen LogP contribution in [0.2, 0.25) is 0 Å². The molecule has 0 aromatic carbocycles. The average molecular weight is 168 g/mol. The van der Waals surface area contributed by atoms with Crippen LogP contribution in [-0.4, -0.2) is 17.0 Å². The first-order valence-corrected chi connectivity index (χ1v) is 4.65. The second-order valence-electron chi connectivity index (χ2n) is 3.34.